The Hall–Kier alpha value is -2.92. The van der Waals surface area contributed by atoms with Gasteiger partial charge < -0.3 is 15.4 Å². The number of aromatic hydroxyl groups is 1. The fourth-order valence-corrected chi connectivity index (χ4v) is 7.32. The second-order valence-corrected chi connectivity index (χ2v) is 11.2. The molecule has 5 rings (SSSR count). The van der Waals surface area contributed by atoms with Crippen LogP contribution in [0.3, 0.4) is 0 Å². The summed E-state index contributed by atoms with van der Waals surface area (Å²) in [6, 6.07) is 3.56. The molecule has 1 unspecified atom stereocenters. The van der Waals surface area contributed by atoms with Gasteiger partial charge in [0, 0.05) is 43.1 Å². The number of pyridine rings is 1. The number of primary amides is 1. The minimum absolute atomic E-state index is 0.133. The third kappa shape index (κ3) is 3.88. The van der Waals surface area contributed by atoms with E-state index in [0.29, 0.717) is 23.0 Å². The number of nitrogens with zero attached hydrogens (tertiary/aromatic N) is 3. The molecule has 3 atom stereocenters. The SMILES string of the molecule is C[C@H]1CC[N+](Cc2ccc(F)cc2F)(C2CCSCC2)[C@H]2Cn3cc(C(N)=O)c(=O)c(O)c3C(=O)N12. The van der Waals surface area contributed by atoms with Crippen molar-refractivity contribution in [1.82, 2.24) is 9.47 Å². The fourth-order valence-electron chi connectivity index (χ4n) is 6.24. The maximum Gasteiger partial charge on any atom is 0.279 e. The van der Waals surface area contributed by atoms with Crippen LogP contribution in [-0.2, 0) is 13.1 Å². The number of carbonyl (C=O) groups is 2. The van der Waals surface area contributed by atoms with Crippen LogP contribution in [0.25, 0.3) is 0 Å². The number of hydrogen-bond donors (Lipinski definition) is 2. The molecule has 3 N–H and O–H groups in total. The Kier molecular flexibility index (Phi) is 6.32. The summed E-state index contributed by atoms with van der Waals surface area (Å²) < 4.78 is 30.5. The number of quaternary nitrogens is 1. The first-order valence-corrected chi connectivity index (χ1v) is 13.3. The second kappa shape index (κ2) is 9.19. The van der Waals surface area contributed by atoms with Crippen molar-refractivity contribution in [3.63, 3.8) is 0 Å². The van der Waals surface area contributed by atoms with Gasteiger partial charge in [-0.15, -0.1) is 0 Å². The Morgan fingerprint density at radius 2 is 1.94 bits per heavy atom. The first kappa shape index (κ1) is 24.8. The smallest absolute Gasteiger partial charge is 0.279 e. The van der Waals surface area contributed by atoms with Crippen LogP contribution in [0.1, 0.15) is 52.6 Å². The second-order valence-electron chi connectivity index (χ2n) is 9.98. The molecule has 2 amide bonds. The van der Waals surface area contributed by atoms with E-state index in [2.05, 4.69) is 0 Å². The molecule has 0 spiro atoms. The zero-order chi connectivity index (χ0) is 25.8. The fraction of sp³-hybridized carbons (Fsp3) is 0.480. The van der Waals surface area contributed by atoms with Gasteiger partial charge in [-0.3, -0.25) is 23.8 Å². The Balaban J connectivity index is 1.67. The number of nitrogens with two attached hydrogens (primary N) is 1. The first-order valence-electron chi connectivity index (χ1n) is 12.1. The quantitative estimate of drug-likeness (QED) is 0.604. The molecule has 3 aliphatic rings. The van der Waals surface area contributed by atoms with Crippen molar-refractivity contribution >= 4 is 23.6 Å². The van der Waals surface area contributed by atoms with Crippen LogP contribution in [-0.4, -0.2) is 67.2 Å². The Morgan fingerprint density at radius 1 is 1.22 bits per heavy atom. The summed E-state index contributed by atoms with van der Waals surface area (Å²) in [5.41, 5.74) is 4.22. The molecule has 1 aromatic carbocycles. The topological polar surface area (TPSA) is 106 Å². The average Bonchev–Trinajstić information content (AvgIpc) is 2.85. The standard InChI is InChI=1S/C25H28F2N4O4S/c1-14-4-7-31(17-5-8-36-9-6-17,13-15-2-3-16(26)10-19(15)27)20-12-29-11-18(24(28)34)22(32)23(33)21(29)25(35)30(14)20/h2-3,10-11,14,17,20H,4-9,12-13H2,1H3,(H2-,28,33,34,35)/p+1/t14-,20-,31?/m0/s1. The number of aromatic nitrogens is 1. The van der Waals surface area contributed by atoms with Gasteiger partial charge in [0.1, 0.15) is 23.7 Å². The molecule has 3 aliphatic heterocycles. The summed E-state index contributed by atoms with van der Waals surface area (Å²) in [6.07, 6.45) is 3.23. The zero-order valence-electron chi connectivity index (χ0n) is 20.0. The van der Waals surface area contributed by atoms with Gasteiger partial charge >= 0.3 is 0 Å². The average molecular weight is 520 g/mol. The van der Waals surface area contributed by atoms with Gasteiger partial charge in [-0.2, -0.15) is 11.8 Å². The lowest BCUT2D eigenvalue weighted by Crippen LogP contribution is -2.75. The molecular weight excluding hydrogens is 490 g/mol. The van der Waals surface area contributed by atoms with E-state index in [-0.39, 0.29) is 30.9 Å². The largest absolute Gasteiger partial charge is 0.503 e. The lowest BCUT2D eigenvalue weighted by Gasteiger charge is -2.59. The predicted octanol–water partition coefficient (Wildman–Crippen LogP) is 2.42. The third-order valence-electron chi connectivity index (χ3n) is 8.07. The first-order chi connectivity index (χ1) is 17.1. The summed E-state index contributed by atoms with van der Waals surface area (Å²) in [5, 5.41) is 10.6. The highest BCUT2D eigenvalue weighted by Gasteiger charge is 2.55. The molecular formula is C25H29F2N4O4S+. The van der Waals surface area contributed by atoms with Crippen molar-refractivity contribution in [3.8, 4) is 5.75 Å². The van der Waals surface area contributed by atoms with E-state index < -0.39 is 46.4 Å². The predicted molar refractivity (Wildman–Crippen MR) is 130 cm³/mol. The van der Waals surface area contributed by atoms with Crippen molar-refractivity contribution in [3.05, 3.63) is 63.1 Å². The molecule has 1 aromatic heterocycles. The molecule has 0 aliphatic carbocycles. The van der Waals surface area contributed by atoms with E-state index in [1.807, 2.05) is 18.7 Å². The molecule has 36 heavy (non-hydrogen) atoms. The van der Waals surface area contributed by atoms with Crippen LogP contribution in [0.5, 0.6) is 5.75 Å². The summed E-state index contributed by atoms with van der Waals surface area (Å²) in [4.78, 5) is 39.9. The molecule has 11 heteroatoms. The van der Waals surface area contributed by atoms with E-state index in [1.54, 1.807) is 4.90 Å². The maximum absolute atomic E-state index is 14.9. The summed E-state index contributed by atoms with van der Waals surface area (Å²) in [6.45, 7) is 3.08. The zero-order valence-corrected chi connectivity index (χ0v) is 20.8. The van der Waals surface area contributed by atoms with Crippen molar-refractivity contribution in [2.45, 2.75) is 57.5 Å². The van der Waals surface area contributed by atoms with E-state index in [1.165, 1.54) is 22.9 Å². The number of carbonyl (C=O) groups excluding carboxylic acids is 2. The summed E-state index contributed by atoms with van der Waals surface area (Å²) >= 11 is 1.86. The number of halogens is 2. The minimum Gasteiger partial charge on any atom is -0.503 e. The highest BCUT2D eigenvalue weighted by atomic mass is 32.2. The molecule has 0 radical (unpaired) electrons. The van der Waals surface area contributed by atoms with E-state index in [4.69, 9.17) is 5.73 Å². The van der Waals surface area contributed by atoms with E-state index in [9.17, 15) is 28.3 Å². The van der Waals surface area contributed by atoms with Gasteiger partial charge in [0.15, 0.2) is 17.6 Å². The van der Waals surface area contributed by atoms with Crippen LogP contribution in [0.4, 0.5) is 8.78 Å². The van der Waals surface area contributed by atoms with E-state index >= 15 is 0 Å². The number of benzene rings is 1. The van der Waals surface area contributed by atoms with Gasteiger partial charge in [-0.05, 0) is 30.6 Å². The normalized spacial score (nSPS) is 26.4. The van der Waals surface area contributed by atoms with Crippen LogP contribution in [0, 0.1) is 11.6 Å². The van der Waals surface area contributed by atoms with Gasteiger partial charge in [-0.1, -0.05) is 0 Å². The van der Waals surface area contributed by atoms with Gasteiger partial charge in [0.25, 0.3) is 11.8 Å². The summed E-state index contributed by atoms with van der Waals surface area (Å²) in [7, 11) is 0. The van der Waals surface area contributed by atoms with Crippen LogP contribution in [0.2, 0.25) is 0 Å². The van der Waals surface area contributed by atoms with Crippen LogP contribution < -0.4 is 11.2 Å². The van der Waals surface area contributed by atoms with Crippen LogP contribution in [0.15, 0.2) is 29.2 Å². The molecule has 2 aromatic rings. The number of rotatable bonds is 4. The van der Waals surface area contributed by atoms with Crippen molar-refractivity contribution in [1.29, 1.82) is 0 Å². The van der Waals surface area contributed by atoms with Gasteiger partial charge in [0.2, 0.25) is 5.43 Å². The van der Waals surface area contributed by atoms with Gasteiger partial charge in [0.05, 0.1) is 19.1 Å². The number of fused-ring (bicyclic) bond motifs is 2. The highest BCUT2D eigenvalue weighted by Crippen LogP contribution is 2.42. The molecule has 2 fully saturated rings. The molecule has 8 nitrogen and oxygen atoms in total. The lowest BCUT2D eigenvalue weighted by molar-refractivity contribution is -1.00. The molecule has 192 valence electrons. The minimum atomic E-state index is -0.990. The monoisotopic (exact) mass is 519 g/mol. The summed E-state index contributed by atoms with van der Waals surface area (Å²) in [5.74, 6) is -1.66. The molecule has 2 saturated heterocycles. The van der Waals surface area contributed by atoms with Crippen molar-refractivity contribution < 1.29 is 28.0 Å². The third-order valence-corrected chi connectivity index (χ3v) is 9.12. The highest BCUT2D eigenvalue weighted by molar-refractivity contribution is 7.99. The number of thioether (sulfide) groups is 1. The Bertz CT molecular complexity index is 1300. The van der Waals surface area contributed by atoms with E-state index in [0.717, 1.165) is 30.4 Å². The van der Waals surface area contributed by atoms with Gasteiger partial charge in [-0.25, -0.2) is 8.78 Å². The van der Waals surface area contributed by atoms with Crippen molar-refractivity contribution in [2.24, 2.45) is 5.73 Å². The Morgan fingerprint density at radius 3 is 2.61 bits per heavy atom. The Labute approximate surface area is 211 Å². The lowest BCUT2D eigenvalue weighted by atomic mass is 9.93. The van der Waals surface area contributed by atoms with Crippen LogP contribution >= 0.6 is 11.8 Å². The number of hydrogen-bond acceptors (Lipinski definition) is 5. The number of amides is 2. The molecule has 4 heterocycles. The van der Waals surface area contributed by atoms with Crippen molar-refractivity contribution in [2.75, 3.05) is 18.1 Å². The molecule has 0 bridgehead atoms. The molecule has 0 saturated carbocycles. The maximum atomic E-state index is 14.9.